The monoisotopic (exact) mass is 295 g/mol. The molecule has 1 atom stereocenters. The van der Waals surface area contributed by atoms with Gasteiger partial charge in [0, 0.05) is 18.3 Å². The minimum absolute atomic E-state index is 0.0590. The molecule has 1 aliphatic heterocycles. The minimum atomic E-state index is 0.0590. The first-order chi connectivity index (χ1) is 9.74. The molecule has 0 amide bonds. The molecule has 20 heavy (non-hydrogen) atoms. The van der Waals surface area contributed by atoms with Gasteiger partial charge in [-0.2, -0.15) is 11.8 Å². The second-order valence-electron chi connectivity index (χ2n) is 4.79. The van der Waals surface area contributed by atoms with Crippen molar-refractivity contribution >= 4 is 17.6 Å². The molecule has 0 spiro atoms. The number of nitrogens with one attached hydrogen (secondary N) is 1. The molecule has 6 heteroatoms. The number of nitrogens with two attached hydrogens (primary N) is 1. The Labute approximate surface area is 123 Å². The lowest BCUT2D eigenvalue weighted by atomic mass is 10.1. The molecule has 1 aromatic carbocycles. The van der Waals surface area contributed by atoms with E-state index in [1.807, 2.05) is 30.0 Å². The molecule has 1 aromatic rings. The van der Waals surface area contributed by atoms with Crippen molar-refractivity contribution in [2.24, 2.45) is 10.9 Å². The van der Waals surface area contributed by atoms with Crippen LogP contribution in [0.1, 0.15) is 24.0 Å². The van der Waals surface area contributed by atoms with Crippen LogP contribution in [-0.2, 0) is 6.54 Å². The molecule has 1 aliphatic rings. The van der Waals surface area contributed by atoms with Crippen LogP contribution in [0, 0.1) is 0 Å². The third-order valence-electron chi connectivity index (χ3n) is 3.37. The van der Waals surface area contributed by atoms with Crippen molar-refractivity contribution in [3.05, 3.63) is 29.3 Å². The number of hydrogen-bond donors (Lipinski definition) is 3. The Morgan fingerprint density at radius 3 is 3.10 bits per heavy atom. The lowest BCUT2D eigenvalue weighted by Gasteiger charge is -2.12. The predicted octanol–water partition coefficient (Wildman–Crippen LogP) is 1.77. The number of methoxy groups -OCH3 is 1. The van der Waals surface area contributed by atoms with E-state index in [1.54, 1.807) is 7.11 Å². The van der Waals surface area contributed by atoms with Crippen LogP contribution in [-0.4, -0.2) is 35.7 Å². The SMILES string of the molecule is COc1cc(CNCC2CCCS2)ccc1/C(N)=N/O. The highest BCUT2D eigenvalue weighted by atomic mass is 32.2. The van der Waals surface area contributed by atoms with Gasteiger partial charge in [0.2, 0.25) is 0 Å². The largest absolute Gasteiger partial charge is 0.496 e. The van der Waals surface area contributed by atoms with Crippen LogP contribution in [0.2, 0.25) is 0 Å². The number of amidine groups is 1. The van der Waals surface area contributed by atoms with Gasteiger partial charge in [-0.25, -0.2) is 0 Å². The summed E-state index contributed by atoms with van der Waals surface area (Å²) in [5, 5.41) is 16.0. The fraction of sp³-hybridized carbons (Fsp3) is 0.500. The van der Waals surface area contributed by atoms with Crippen molar-refractivity contribution in [1.29, 1.82) is 0 Å². The molecule has 0 aromatic heterocycles. The lowest BCUT2D eigenvalue weighted by Crippen LogP contribution is -2.22. The second-order valence-corrected chi connectivity index (χ2v) is 6.19. The van der Waals surface area contributed by atoms with E-state index in [2.05, 4.69) is 10.5 Å². The molecular formula is C14H21N3O2S. The Hall–Kier alpha value is -1.40. The summed E-state index contributed by atoms with van der Waals surface area (Å²) in [5.41, 5.74) is 7.33. The van der Waals surface area contributed by atoms with Crippen molar-refractivity contribution in [2.45, 2.75) is 24.6 Å². The Kier molecular flexibility index (Phi) is 5.55. The molecule has 1 heterocycles. The van der Waals surface area contributed by atoms with Crippen molar-refractivity contribution < 1.29 is 9.94 Å². The second kappa shape index (κ2) is 7.40. The molecule has 5 nitrogen and oxygen atoms in total. The van der Waals surface area contributed by atoms with E-state index < -0.39 is 0 Å². The van der Waals surface area contributed by atoms with Crippen LogP contribution < -0.4 is 15.8 Å². The van der Waals surface area contributed by atoms with Gasteiger partial charge in [0.05, 0.1) is 12.7 Å². The maximum atomic E-state index is 8.73. The third-order valence-corrected chi connectivity index (χ3v) is 4.77. The summed E-state index contributed by atoms with van der Waals surface area (Å²) in [4.78, 5) is 0. The van der Waals surface area contributed by atoms with Crippen LogP contribution in [0.4, 0.5) is 0 Å². The normalized spacial score (nSPS) is 19.2. The van der Waals surface area contributed by atoms with Crippen LogP contribution in [0.25, 0.3) is 0 Å². The van der Waals surface area contributed by atoms with Gasteiger partial charge in [0.15, 0.2) is 5.84 Å². The molecule has 0 bridgehead atoms. The summed E-state index contributed by atoms with van der Waals surface area (Å²) in [6.45, 7) is 1.83. The van der Waals surface area contributed by atoms with Gasteiger partial charge < -0.3 is 21.0 Å². The number of hydrogen-bond acceptors (Lipinski definition) is 5. The van der Waals surface area contributed by atoms with Crippen molar-refractivity contribution in [3.8, 4) is 5.75 Å². The summed E-state index contributed by atoms with van der Waals surface area (Å²) in [7, 11) is 1.58. The molecule has 0 saturated carbocycles. The van der Waals surface area contributed by atoms with Crippen LogP contribution in [0.5, 0.6) is 5.75 Å². The van der Waals surface area contributed by atoms with Crippen molar-refractivity contribution in [1.82, 2.24) is 5.32 Å². The van der Waals surface area contributed by atoms with Crippen LogP contribution >= 0.6 is 11.8 Å². The Bertz CT molecular complexity index is 473. The zero-order valence-electron chi connectivity index (χ0n) is 11.6. The molecule has 110 valence electrons. The molecule has 1 fully saturated rings. The summed E-state index contributed by atoms with van der Waals surface area (Å²) < 4.78 is 5.28. The molecule has 2 rings (SSSR count). The summed E-state index contributed by atoms with van der Waals surface area (Å²) in [6.07, 6.45) is 2.64. The summed E-state index contributed by atoms with van der Waals surface area (Å²) in [5.74, 6) is 1.97. The average Bonchev–Trinajstić information content (AvgIpc) is 2.99. The zero-order chi connectivity index (χ0) is 14.4. The first kappa shape index (κ1) is 15.0. The highest BCUT2D eigenvalue weighted by Crippen LogP contribution is 2.25. The fourth-order valence-electron chi connectivity index (χ4n) is 2.29. The van der Waals surface area contributed by atoms with Gasteiger partial charge >= 0.3 is 0 Å². The number of ether oxygens (including phenoxy) is 1. The summed E-state index contributed by atoms with van der Waals surface area (Å²) >= 11 is 2.05. The molecule has 1 saturated heterocycles. The van der Waals surface area contributed by atoms with Gasteiger partial charge in [-0.1, -0.05) is 11.2 Å². The quantitative estimate of drug-likeness (QED) is 0.323. The molecule has 0 radical (unpaired) electrons. The minimum Gasteiger partial charge on any atom is -0.496 e. The van der Waals surface area contributed by atoms with E-state index in [9.17, 15) is 0 Å². The lowest BCUT2D eigenvalue weighted by molar-refractivity contribution is 0.318. The number of oxime groups is 1. The first-order valence-electron chi connectivity index (χ1n) is 6.71. The third kappa shape index (κ3) is 3.80. The summed E-state index contributed by atoms with van der Waals surface area (Å²) in [6, 6.07) is 5.70. The number of benzene rings is 1. The molecular weight excluding hydrogens is 274 g/mol. The van der Waals surface area contributed by atoms with Crippen molar-refractivity contribution in [2.75, 3.05) is 19.4 Å². The van der Waals surface area contributed by atoms with E-state index in [0.717, 1.165) is 23.9 Å². The van der Waals surface area contributed by atoms with Crippen LogP contribution in [0.15, 0.2) is 23.4 Å². The Morgan fingerprint density at radius 1 is 1.60 bits per heavy atom. The highest BCUT2D eigenvalue weighted by molar-refractivity contribution is 8.00. The van der Waals surface area contributed by atoms with E-state index in [0.29, 0.717) is 11.3 Å². The van der Waals surface area contributed by atoms with E-state index >= 15 is 0 Å². The smallest absolute Gasteiger partial charge is 0.173 e. The molecule has 0 aliphatic carbocycles. The number of thioether (sulfide) groups is 1. The van der Waals surface area contributed by atoms with Gasteiger partial charge in [0.25, 0.3) is 0 Å². The first-order valence-corrected chi connectivity index (χ1v) is 7.76. The zero-order valence-corrected chi connectivity index (χ0v) is 12.4. The predicted molar refractivity (Wildman–Crippen MR) is 82.7 cm³/mol. The maximum absolute atomic E-state index is 8.73. The Balaban J connectivity index is 1.94. The number of nitrogens with zero attached hydrogens (tertiary/aromatic N) is 1. The fourth-order valence-corrected chi connectivity index (χ4v) is 3.53. The van der Waals surface area contributed by atoms with Gasteiger partial charge in [-0.05, 0) is 36.3 Å². The standard InChI is InChI=1S/C14H21N3O2S/c1-19-13-7-10(4-5-12(13)14(15)17-18)8-16-9-11-3-2-6-20-11/h4-5,7,11,16,18H,2-3,6,8-9H2,1H3,(H2,15,17). The number of rotatable bonds is 6. The Morgan fingerprint density at radius 2 is 2.45 bits per heavy atom. The maximum Gasteiger partial charge on any atom is 0.173 e. The van der Waals surface area contributed by atoms with E-state index in [4.69, 9.17) is 15.7 Å². The van der Waals surface area contributed by atoms with Gasteiger partial charge in [-0.15, -0.1) is 0 Å². The molecule has 4 N–H and O–H groups in total. The van der Waals surface area contributed by atoms with E-state index in [1.165, 1.54) is 18.6 Å². The topological polar surface area (TPSA) is 79.9 Å². The van der Waals surface area contributed by atoms with Crippen molar-refractivity contribution in [3.63, 3.8) is 0 Å². The van der Waals surface area contributed by atoms with Crippen LogP contribution in [0.3, 0.4) is 0 Å². The van der Waals surface area contributed by atoms with Gasteiger partial charge in [-0.3, -0.25) is 0 Å². The van der Waals surface area contributed by atoms with Gasteiger partial charge in [0.1, 0.15) is 5.75 Å². The highest BCUT2D eigenvalue weighted by Gasteiger charge is 2.15. The molecule has 1 unspecified atom stereocenters. The van der Waals surface area contributed by atoms with E-state index in [-0.39, 0.29) is 5.84 Å². The average molecular weight is 295 g/mol.